The van der Waals surface area contributed by atoms with E-state index in [1.165, 1.54) is 11.1 Å². The van der Waals surface area contributed by atoms with Crippen molar-refractivity contribution in [3.05, 3.63) is 83.2 Å². The van der Waals surface area contributed by atoms with Crippen LogP contribution in [0.3, 0.4) is 0 Å². The number of rotatable bonds is 4. The summed E-state index contributed by atoms with van der Waals surface area (Å²) in [6.07, 6.45) is 4.46. The zero-order valence-corrected chi connectivity index (χ0v) is 17.4. The molecule has 0 unspecified atom stereocenters. The first-order chi connectivity index (χ1) is 15.2. The van der Waals surface area contributed by atoms with E-state index in [0.717, 1.165) is 25.8 Å². The van der Waals surface area contributed by atoms with Gasteiger partial charge in [-0.3, -0.25) is 9.59 Å². The lowest BCUT2D eigenvalue weighted by molar-refractivity contribution is 0.0714. The third-order valence-electron chi connectivity index (χ3n) is 6.23. The van der Waals surface area contributed by atoms with E-state index in [9.17, 15) is 9.59 Å². The molecule has 2 aliphatic heterocycles. The van der Waals surface area contributed by atoms with Gasteiger partial charge in [-0.15, -0.1) is 5.10 Å². The molecule has 1 fully saturated rings. The SMILES string of the molecule is O=C(c1cn(C[C@@H]2CCCN2C(=O)c2ccccc2)nn1)N1CCc2ccccc2C1. The van der Waals surface area contributed by atoms with Gasteiger partial charge in [-0.2, -0.15) is 0 Å². The molecule has 0 saturated carbocycles. The van der Waals surface area contributed by atoms with Gasteiger partial charge in [-0.1, -0.05) is 47.7 Å². The number of amides is 2. The van der Waals surface area contributed by atoms with Crippen molar-refractivity contribution in [2.45, 2.75) is 38.4 Å². The lowest BCUT2D eigenvalue weighted by Gasteiger charge is -2.28. The van der Waals surface area contributed by atoms with Gasteiger partial charge in [-0.05, 0) is 42.5 Å². The standard InChI is InChI=1S/C24H25N5O2/c30-23(19-8-2-1-3-9-19)29-13-6-11-21(29)16-28-17-22(25-26-28)24(31)27-14-12-18-7-4-5-10-20(18)15-27/h1-5,7-10,17,21H,6,11-16H2/t21-/m0/s1. The second-order valence-electron chi connectivity index (χ2n) is 8.23. The van der Waals surface area contributed by atoms with Gasteiger partial charge in [0.25, 0.3) is 11.8 Å². The number of aromatic nitrogens is 3. The molecule has 2 amide bonds. The monoisotopic (exact) mass is 415 g/mol. The van der Waals surface area contributed by atoms with E-state index in [2.05, 4.69) is 22.4 Å². The summed E-state index contributed by atoms with van der Waals surface area (Å²) >= 11 is 0. The molecule has 0 bridgehead atoms. The molecule has 1 saturated heterocycles. The van der Waals surface area contributed by atoms with Gasteiger partial charge in [0.15, 0.2) is 5.69 Å². The Morgan fingerprint density at radius 3 is 2.55 bits per heavy atom. The summed E-state index contributed by atoms with van der Waals surface area (Å²) < 4.78 is 1.70. The minimum atomic E-state index is -0.0932. The average molecular weight is 415 g/mol. The minimum Gasteiger partial charge on any atom is -0.334 e. The van der Waals surface area contributed by atoms with Gasteiger partial charge in [0.05, 0.1) is 18.8 Å². The van der Waals surface area contributed by atoms with Gasteiger partial charge in [0.1, 0.15) is 0 Å². The molecule has 0 radical (unpaired) electrons. The summed E-state index contributed by atoms with van der Waals surface area (Å²) in [6.45, 7) is 2.57. The van der Waals surface area contributed by atoms with Gasteiger partial charge < -0.3 is 9.80 Å². The summed E-state index contributed by atoms with van der Waals surface area (Å²) in [5.74, 6) is -0.0455. The highest BCUT2D eigenvalue weighted by Gasteiger charge is 2.30. The first kappa shape index (κ1) is 19.5. The number of fused-ring (bicyclic) bond motifs is 1. The summed E-state index contributed by atoms with van der Waals surface area (Å²) in [4.78, 5) is 29.6. The molecule has 31 heavy (non-hydrogen) atoms. The lowest BCUT2D eigenvalue weighted by Crippen LogP contribution is -2.38. The predicted octanol–water partition coefficient (Wildman–Crippen LogP) is 2.78. The van der Waals surface area contributed by atoms with Crippen molar-refractivity contribution >= 4 is 11.8 Å². The van der Waals surface area contributed by atoms with E-state index in [1.54, 1.807) is 10.9 Å². The molecule has 0 aliphatic carbocycles. The molecule has 158 valence electrons. The molecule has 3 aromatic rings. The summed E-state index contributed by atoms with van der Waals surface area (Å²) in [5.41, 5.74) is 3.56. The van der Waals surface area contributed by atoms with E-state index in [4.69, 9.17) is 0 Å². The zero-order chi connectivity index (χ0) is 21.2. The Kier molecular flexibility index (Phi) is 5.24. The van der Waals surface area contributed by atoms with Gasteiger partial charge in [-0.25, -0.2) is 4.68 Å². The van der Waals surface area contributed by atoms with Crippen molar-refractivity contribution in [3.8, 4) is 0 Å². The fourth-order valence-electron chi connectivity index (χ4n) is 4.57. The van der Waals surface area contributed by atoms with Gasteiger partial charge in [0, 0.05) is 25.2 Å². The molecule has 0 spiro atoms. The number of hydrogen-bond acceptors (Lipinski definition) is 4. The Balaban J connectivity index is 1.25. The zero-order valence-electron chi connectivity index (χ0n) is 17.4. The van der Waals surface area contributed by atoms with Crippen molar-refractivity contribution in [1.82, 2.24) is 24.8 Å². The van der Waals surface area contributed by atoms with Crippen molar-refractivity contribution in [2.24, 2.45) is 0 Å². The maximum absolute atomic E-state index is 13.0. The summed E-state index contributed by atoms with van der Waals surface area (Å²) in [7, 11) is 0. The number of benzene rings is 2. The molecule has 7 nitrogen and oxygen atoms in total. The van der Waals surface area contributed by atoms with Crippen molar-refractivity contribution in [2.75, 3.05) is 13.1 Å². The third kappa shape index (κ3) is 3.95. The largest absolute Gasteiger partial charge is 0.334 e. The van der Waals surface area contributed by atoms with Crippen molar-refractivity contribution in [3.63, 3.8) is 0 Å². The van der Waals surface area contributed by atoms with Crippen LogP contribution in [0, 0.1) is 0 Å². The molecule has 2 aromatic carbocycles. The van der Waals surface area contributed by atoms with E-state index in [0.29, 0.717) is 30.9 Å². The maximum atomic E-state index is 13.0. The van der Waals surface area contributed by atoms with Crippen LogP contribution in [-0.2, 0) is 19.5 Å². The van der Waals surface area contributed by atoms with Crippen molar-refractivity contribution < 1.29 is 9.59 Å². The Morgan fingerprint density at radius 1 is 0.935 bits per heavy atom. The Hall–Kier alpha value is -3.48. The maximum Gasteiger partial charge on any atom is 0.276 e. The fourth-order valence-corrected chi connectivity index (χ4v) is 4.57. The van der Waals surface area contributed by atoms with Crippen LogP contribution < -0.4 is 0 Å². The van der Waals surface area contributed by atoms with Crippen LogP contribution in [-0.4, -0.2) is 55.7 Å². The molecule has 7 heteroatoms. The van der Waals surface area contributed by atoms with E-state index in [-0.39, 0.29) is 17.9 Å². The molecule has 3 heterocycles. The molecule has 1 aromatic heterocycles. The van der Waals surface area contributed by atoms with Crippen LogP contribution in [0.25, 0.3) is 0 Å². The number of likely N-dealkylation sites (tertiary alicyclic amines) is 1. The molecular weight excluding hydrogens is 390 g/mol. The van der Waals surface area contributed by atoms with Crippen LogP contribution in [0.15, 0.2) is 60.8 Å². The number of nitrogens with zero attached hydrogens (tertiary/aromatic N) is 5. The second-order valence-corrected chi connectivity index (χ2v) is 8.23. The topological polar surface area (TPSA) is 71.3 Å². The smallest absolute Gasteiger partial charge is 0.276 e. The van der Waals surface area contributed by atoms with E-state index < -0.39 is 0 Å². The van der Waals surface area contributed by atoms with Crippen molar-refractivity contribution in [1.29, 1.82) is 0 Å². The molecule has 5 rings (SSSR count). The van der Waals surface area contributed by atoms with Gasteiger partial charge in [0.2, 0.25) is 0 Å². The highest BCUT2D eigenvalue weighted by Crippen LogP contribution is 2.22. The summed E-state index contributed by atoms with van der Waals surface area (Å²) in [5, 5.41) is 8.32. The first-order valence-electron chi connectivity index (χ1n) is 10.8. The minimum absolute atomic E-state index is 0.0477. The first-order valence-corrected chi connectivity index (χ1v) is 10.8. The molecular formula is C24H25N5O2. The number of hydrogen-bond donors (Lipinski definition) is 0. The highest BCUT2D eigenvalue weighted by atomic mass is 16.2. The Morgan fingerprint density at radius 2 is 1.71 bits per heavy atom. The quantitative estimate of drug-likeness (QED) is 0.657. The van der Waals surface area contributed by atoms with Gasteiger partial charge >= 0.3 is 0 Å². The second kappa shape index (κ2) is 8.34. The Labute approximate surface area is 181 Å². The molecule has 1 atom stereocenters. The van der Waals surface area contributed by atoms with Crippen LogP contribution >= 0.6 is 0 Å². The lowest BCUT2D eigenvalue weighted by atomic mass is 10.00. The third-order valence-corrected chi connectivity index (χ3v) is 6.23. The van der Waals surface area contributed by atoms with E-state index >= 15 is 0 Å². The van der Waals surface area contributed by atoms with Crippen LogP contribution in [0.1, 0.15) is 44.8 Å². The summed E-state index contributed by atoms with van der Waals surface area (Å²) in [6, 6.07) is 17.7. The normalized spacial score (nSPS) is 18.1. The highest BCUT2D eigenvalue weighted by molar-refractivity contribution is 5.94. The molecule has 2 aliphatic rings. The number of carbonyl (C=O) groups excluding carboxylic acids is 2. The van der Waals surface area contributed by atoms with Crippen LogP contribution in [0.5, 0.6) is 0 Å². The molecule has 0 N–H and O–H groups in total. The predicted molar refractivity (Wildman–Crippen MR) is 115 cm³/mol. The van der Waals surface area contributed by atoms with E-state index in [1.807, 2.05) is 52.3 Å². The van der Waals surface area contributed by atoms with Crippen LogP contribution in [0.4, 0.5) is 0 Å². The fraction of sp³-hybridized carbons (Fsp3) is 0.333. The Bertz CT molecular complexity index is 1090. The average Bonchev–Trinajstić information content (AvgIpc) is 3.48. The van der Waals surface area contributed by atoms with Crippen LogP contribution in [0.2, 0.25) is 0 Å². The number of carbonyl (C=O) groups is 2.